The second kappa shape index (κ2) is 35.9. The number of hydrogen-bond acceptors (Lipinski definition) is 44. The summed E-state index contributed by atoms with van der Waals surface area (Å²) < 4.78 is 158. The summed E-state index contributed by atoms with van der Waals surface area (Å²) in [6, 6.07) is 10.3. The molecule has 44 nitrogen and oxygen atoms in total. The lowest BCUT2D eigenvalue weighted by Crippen LogP contribution is -2.69. The largest absolute Gasteiger partial charge is 0.394 e. The van der Waals surface area contributed by atoms with Gasteiger partial charge in [-0.2, -0.15) is 16.8 Å². The smallest absolute Gasteiger partial charge is 0.297 e. The van der Waals surface area contributed by atoms with E-state index in [4.69, 9.17) is 84.2 Å². The van der Waals surface area contributed by atoms with E-state index in [9.17, 15) is 129 Å². The maximum Gasteiger partial charge on any atom is 0.297 e. The summed E-state index contributed by atoms with van der Waals surface area (Å²) in [6.45, 7) is -6.07. The van der Waals surface area contributed by atoms with Gasteiger partial charge in [0.25, 0.3) is 20.2 Å². The van der Waals surface area contributed by atoms with Crippen molar-refractivity contribution in [2.45, 2.75) is 269 Å². The highest BCUT2D eigenvalue weighted by Gasteiger charge is 2.61. The Hall–Kier alpha value is -3.26. The maximum absolute atomic E-state index is 13.6. The van der Waals surface area contributed by atoms with Crippen molar-refractivity contribution in [2.24, 2.45) is 0 Å². The van der Waals surface area contributed by atoms with Crippen LogP contribution in [0.4, 0.5) is 0 Å². The topological polar surface area (TPSA) is 679 Å². The van der Waals surface area contributed by atoms with E-state index in [1.54, 1.807) is 13.8 Å². The molecule has 46 heteroatoms. The fourth-order valence-corrected chi connectivity index (χ4v) is 15.6. The lowest BCUT2D eigenvalue weighted by molar-refractivity contribution is -0.403. The van der Waals surface area contributed by atoms with Gasteiger partial charge in [-0.15, -0.1) is 0 Å². The van der Waals surface area contributed by atoms with Crippen LogP contribution >= 0.6 is 0 Å². The second-order valence-corrected chi connectivity index (χ2v) is 30.4. The molecule has 0 unspecified atom stereocenters. The van der Waals surface area contributed by atoms with Crippen molar-refractivity contribution >= 4 is 20.2 Å². The van der Waals surface area contributed by atoms with Crippen LogP contribution in [0.5, 0.6) is 0 Å². The Morgan fingerprint density at radius 3 is 0.546 bits per heavy atom. The normalized spacial score (nSPS) is 47.6. The van der Waals surface area contributed by atoms with Crippen molar-refractivity contribution in [3.05, 3.63) is 59.7 Å². The van der Waals surface area contributed by atoms with Gasteiger partial charge in [0.1, 0.15) is 195 Å². The van der Waals surface area contributed by atoms with E-state index in [-0.39, 0.29) is 0 Å². The average Bonchev–Trinajstić information content (AvgIpc) is 0.775. The Kier molecular flexibility index (Phi) is 28.4. The highest BCUT2D eigenvalue weighted by atomic mass is 32.2. The van der Waals surface area contributed by atoms with Crippen LogP contribution in [-0.2, 0) is 104 Å². The number of aryl methyl sites for hydroxylation is 2. The quantitative estimate of drug-likeness (QED) is 0.0781. The highest BCUT2D eigenvalue weighted by molar-refractivity contribution is 7.87. The van der Waals surface area contributed by atoms with E-state index in [2.05, 4.69) is 0 Å². The maximum atomic E-state index is 13.6. The van der Waals surface area contributed by atoms with Gasteiger partial charge in [-0.3, -0.25) is 8.37 Å². The van der Waals surface area contributed by atoms with Gasteiger partial charge in [-0.25, -0.2) is 0 Å². The molecule has 0 aromatic heterocycles. The molecule has 0 spiro atoms. The fraction of sp³-hybridized carbons (Fsp3) is 0.806. The molecule has 30 saturated heterocycles. The third-order valence-corrected chi connectivity index (χ3v) is 22.5. The average molecular weight is 1610 g/mol. The molecular weight excluding hydrogens is 1510 g/mol. The molecule has 0 aliphatic carbocycles. The first kappa shape index (κ1) is 85.6. The number of aliphatic hydroxyl groups excluding tert-OH is 22. The first-order valence-electron chi connectivity index (χ1n) is 34.1. The predicted octanol–water partition coefficient (Wildman–Crippen LogP) is -14.0. The number of rotatable bonds is 14. The van der Waals surface area contributed by atoms with Gasteiger partial charge >= 0.3 is 0 Å². The zero-order valence-electron chi connectivity index (χ0n) is 57.0. The molecule has 2 aromatic rings. The Labute approximate surface area is 613 Å². The molecule has 22 N–H and O–H groups in total. The molecule has 0 saturated carbocycles. The molecule has 40 atom stereocenters. The SMILES string of the molecule is Cc1ccc(S(=O)(=O)OC[C@@H]2O[C@@H]3O[C@H]4[C@H](O)[C@@H](O)[C@@H](O[C@H]5[C@H](O)[C@@H](O)[C@@H](O[C@H]6[C@H](O)[C@@H](O)[C@@H](O[C@H]7[C@H](O)[C@H](O)[C@@H](O[C@H]8[C@@H](O)[C@@H](O)[C@@H](O[C@H]9[C@H](O)[C@H](O)[C@@H](O[C@H]%10[C@H](O)[C@@H](O)[C@@H](O[C@H]2[C@H](O)[C@H]3O)O[C@@H]%10CO)O[C@@H]9CO)O[C@@H]8COS(=O)(=O)c2ccc(C)cc2)O[C@@H]7CO)O[C@@H]6CO)O[C@H]5CO)O[C@H]4CO)cc1. The molecule has 30 heterocycles. The van der Waals surface area contributed by atoms with Crippen LogP contribution < -0.4 is 0 Å². The minimum atomic E-state index is -4.79. The van der Waals surface area contributed by atoms with Gasteiger partial charge in [-0.1, -0.05) is 35.4 Å². The first-order chi connectivity index (χ1) is 51.2. The van der Waals surface area contributed by atoms with Crippen molar-refractivity contribution in [1.82, 2.24) is 0 Å². The van der Waals surface area contributed by atoms with Crippen LogP contribution in [0.2, 0.25) is 0 Å². The van der Waals surface area contributed by atoms with Crippen LogP contribution in [-0.4, -0.2) is 428 Å². The minimum absolute atomic E-state index is 0.413. The highest BCUT2D eigenvalue weighted by Crippen LogP contribution is 2.41. The van der Waals surface area contributed by atoms with Gasteiger partial charge < -0.3 is 188 Å². The van der Waals surface area contributed by atoms with E-state index in [0.717, 1.165) is 0 Å². The standard InChI is InChI=1S/C62H92O44S2/c1-19-3-7-21(8-4-19)107(85,86)89-17-29-53-38(76)46(84)62(98-29)104-52-28(16-68)94-58(42(80)34(52)72)102-50-26(14-66)96-60(44(82)36(50)74)106-54-30(18-90-108(87,88)22-9-5-20(2)6-10-22)97-61(45(83)37(54)75)103-51-27(15-67)93-57(41(79)33(51)71)100-48-24(12-64)91-55(39(77)31(48)69)99-47-23(11-63)92-56(40(78)32(47)70)101-49-25(13-65)95-59(105-53)43(81)35(49)73/h3-10,23-84H,11-18H2,1-2H3/t23-,24+,25-,26-,27+,28-,29-,30+,31-,32-,33-,34-,35-,36-,37-,38+,39-,40-,41-,42+,43+,44-,45-,46-,47-,48-,49-,50-,51-,52-,53-,54-,55-,56-,57-,58-,59-,60-,61-,62-/m1/s1. The van der Waals surface area contributed by atoms with Crippen molar-refractivity contribution < 1.29 is 213 Å². The first-order valence-corrected chi connectivity index (χ1v) is 36.9. The number of ether oxygens (including phenoxy) is 16. The molecule has 0 radical (unpaired) electrons. The molecule has 616 valence electrons. The van der Waals surface area contributed by atoms with Crippen molar-refractivity contribution in [3.8, 4) is 0 Å². The Morgan fingerprint density at radius 2 is 0.389 bits per heavy atom. The van der Waals surface area contributed by atoms with Crippen molar-refractivity contribution in [1.29, 1.82) is 0 Å². The molecule has 30 aliphatic heterocycles. The Balaban J connectivity index is 0.898. The van der Waals surface area contributed by atoms with Crippen LogP contribution in [0.25, 0.3) is 0 Å². The minimum Gasteiger partial charge on any atom is -0.394 e. The van der Waals surface area contributed by atoms with Crippen molar-refractivity contribution in [3.63, 3.8) is 0 Å². The predicted molar refractivity (Wildman–Crippen MR) is 336 cm³/mol. The van der Waals surface area contributed by atoms with Gasteiger partial charge in [0, 0.05) is 0 Å². The summed E-state index contributed by atoms with van der Waals surface area (Å²) in [7, 11) is -9.57. The third kappa shape index (κ3) is 17.8. The van der Waals surface area contributed by atoms with Crippen LogP contribution in [0.3, 0.4) is 0 Å². The summed E-state index contributed by atoms with van der Waals surface area (Å²) in [5.41, 5.74) is 1.25. The van der Waals surface area contributed by atoms with Crippen molar-refractivity contribution in [2.75, 3.05) is 52.9 Å². The van der Waals surface area contributed by atoms with Gasteiger partial charge in [-0.05, 0) is 38.1 Å². The molecule has 32 rings (SSSR count). The third-order valence-electron chi connectivity index (χ3n) is 19.9. The molecule has 0 amide bonds. The Morgan fingerprint density at radius 1 is 0.241 bits per heavy atom. The van der Waals surface area contributed by atoms with E-state index in [1.165, 1.54) is 48.5 Å². The molecule has 2 aromatic carbocycles. The lowest BCUT2D eigenvalue weighted by Gasteiger charge is -2.50. The van der Waals surface area contributed by atoms with Gasteiger partial charge in [0.15, 0.2) is 50.3 Å². The zero-order chi connectivity index (χ0) is 78.4. The van der Waals surface area contributed by atoms with E-state index in [1.807, 2.05) is 0 Å². The Bertz CT molecular complexity index is 3320. The zero-order valence-corrected chi connectivity index (χ0v) is 58.6. The summed E-state index contributed by atoms with van der Waals surface area (Å²) in [4.78, 5) is -0.826. The number of benzene rings is 2. The summed E-state index contributed by atoms with van der Waals surface area (Å²) in [5, 5.41) is 251. The molecule has 16 bridgehead atoms. The number of aliphatic hydroxyl groups is 22. The molecular formula is C62H92O44S2. The summed E-state index contributed by atoms with van der Waals surface area (Å²) >= 11 is 0. The van der Waals surface area contributed by atoms with E-state index < -0.39 is 329 Å². The lowest BCUT2D eigenvalue weighted by atomic mass is 9.94. The summed E-state index contributed by atoms with van der Waals surface area (Å²) in [5.74, 6) is 0. The van der Waals surface area contributed by atoms with E-state index in [0.29, 0.717) is 11.1 Å². The fourth-order valence-electron chi connectivity index (χ4n) is 13.7. The van der Waals surface area contributed by atoms with E-state index >= 15 is 0 Å². The van der Waals surface area contributed by atoms with Crippen LogP contribution in [0.15, 0.2) is 58.3 Å². The monoisotopic (exact) mass is 1600 g/mol. The number of hydrogen-bond donors (Lipinski definition) is 22. The van der Waals surface area contributed by atoms with Gasteiger partial charge in [0.05, 0.1) is 62.6 Å². The van der Waals surface area contributed by atoms with Crippen LogP contribution in [0.1, 0.15) is 11.1 Å². The molecule has 108 heavy (non-hydrogen) atoms. The molecule has 30 fully saturated rings. The van der Waals surface area contributed by atoms with Crippen LogP contribution in [0, 0.1) is 13.8 Å². The summed E-state index contributed by atoms with van der Waals surface area (Å²) in [6.07, 6.45) is -87.6. The molecule has 30 aliphatic rings. The van der Waals surface area contributed by atoms with Gasteiger partial charge in [0.2, 0.25) is 0 Å². The second-order valence-electron chi connectivity index (χ2n) is 27.2.